The van der Waals surface area contributed by atoms with Crippen LogP contribution in [-0.2, 0) is 27.9 Å². The molecule has 3 N–H and O–H groups in total. The van der Waals surface area contributed by atoms with Crippen LogP contribution in [0.2, 0.25) is 0 Å². The van der Waals surface area contributed by atoms with Gasteiger partial charge in [-0.05, 0) is 77.0 Å². The third-order valence-electron chi connectivity index (χ3n) is 8.19. The lowest BCUT2D eigenvalue weighted by atomic mass is 10.1. The Labute approximate surface area is 317 Å². The number of hydrogen-bond donors (Lipinski definition) is 3. The molecule has 0 amide bonds. The highest BCUT2D eigenvalue weighted by molar-refractivity contribution is 7.47. The number of allylic oxidation sites excluding steroid dienone is 10. The van der Waals surface area contributed by atoms with Crippen molar-refractivity contribution in [2.75, 3.05) is 33.0 Å². The van der Waals surface area contributed by atoms with Gasteiger partial charge in [-0.15, -0.1) is 0 Å². The molecule has 0 bridgehead atoms. The van der Waals surface area contributed by atoms with Gasteiger partial charge in [0.15, 0.2) is 0 Å². The van der Waals surface area contributed by atoms with E-state index < -0.39 is 45.8 Å². The van der Waals surface area contributed by atoms with Crippen LogP contribution in [0.4, 0.5) is 0 Å². The minimum Gasteiger partial charge on any atom is -0.457 e. The molecule has 0 aromatic heterocycles. The van der Waals surface area contributed by atoms with Crippen LogP contribution in [-0.4, -0.2) is 66.3 Å². The number of phosphoric ester groups is 1. The van der Waals surface area contributed by atoms with Crippen molar-refractivity contribution in [1.82, 2.24) is 0 Å². The molecule has 0 aliphatic carbocycles. The third kappa shape index (κ3) is 37.9. The van der Waals surface area contributed by atoms with Crippen LogP contribution in [0.5, 0.6) is 0 Å². The maximum absolute atomic E-state index is 12.6. The monoisotopic (exact) mass is 755 g/mol. The molecular weight excluding hydrogens is 679 g/mol. The first-order valence-electron chi connectivity index (χ1n) is 20.3. The molecule has 0 saturated carbocycles. The molecule has 9 nitrogen and oxygen atoms in total. The molecule has 10 heteroatoms. The van der Waals surface area contributed by atoms with Crippen LogP contribution in [0.3, 0.4) is 0 Å². The highest BCUT2D eigenvalue weighted by Gasteiger charge is 2.26. The molecule has 0 heterocycles. The van der Waals surface area contributed by atoms with Gasteiger partial charge in [0, 0.05) is 13.0 Å². The summed E-state index contributed by atoms with van der Waals surface area (Å²) in [5, 5.41) is 18.3. The zero-order valence-electron chi connectivity index (χ0n) is 32.8. The Hall–Kier alpha value is -1.84. The molecule has 0 aromatic carbocycles. The maximum atomic E-state index is 12.6. The lowest BCUT2D eigenvalue weighted by Crippen LogP contribution is -2.29. The molecule has 302 valence electrons. The number of phosphoric acid groups is 1. The zero-order valence-corrected chi connectivity index (χ0v) is 33.7. The van der Waals surface area contributed by atoms with Crippen molar-refractivity contribution < 1.29 is 43.0 Å². The van der Waals surface area contributed by atoms with Crippen LogP contribution in [0, 0.1) is 0 Å². The summed E-state index contributed by atoms with van der Waals surface area (Å²) in [6.45, 7) is 3.31. The topological polar surface area (TPSA) is 132 Å². The van der Waals surface area contributed by atoms with E-state index in [0.717, 1.165) is 83.5 Å². The van der Waals surface area contributed by atoms with Gasteiger partial charge in [-0.3, -0.25) is 13.8 Å². The van der Waals surface area contributed by atoms with Gasteiger partial charge in [-0.25, -0.2) is 4.57 Å². The van der Waals surface area contributed by atoms with E-state index in [4.69, 9.17) is 23.6 Å². The van der Waals surface area contributed by atoms with E-state index in [2.05, 4.69) is 74.6 Å². The standard InChI is InChI=1S/C42H75O9P/c1-3-5-7-9-11-13-15-17-19-21-23-25-27-29-31-33-35-48-38-41(39-50-52(46,47)49-37-40(44)36-43)51-42(45)34-32-30-28-26-24-22-20-18-16-14-12-10-8-6-4-2/h6,8,11-14,17-20,40-41,43-44H,3-5,7,9-10,15-16,21-39H2,1-2H3,(H,46,47)/b8-6-,13-11-,14-12-,19-17-,20-18-. The largest absolute Gasteiger partial charge is 0.472 e. The van der Waals surface area contributed by atoms with Crippen LogP contribution in [0.15, 0.2) is 60.8 Å². The number of aliphatic hydroxyl groups excluding tert-OH is 2. The van der Waals surface area contributed by atoms with Gasteiger partial charge < -0.3 is 24.6 Å². The molecule has 3 atom stereocenters. The van der Waals surface area contributed by atoms with E-state index in [1.807, 2.05) is 0 Å². The molecule has 0 aromatic rings. The average Bonchev–Trinajstić information content (AvgIpc) is 3.13. The van der Waals surface area contributed by atoms with Crippen molar-refractivity contribution in [3.8, 4) is 0 Å². The van der Waals surface area contributed by atoms with Crippen LogP contribution < -0.4 is 0 Å². The molecule has 0 saturated heterocycles. The van der Waals surface area contributed by atoms with E-state index in [1.165, 1.54) is 44.9 Å². The number of aliphatic hydroxyl groups is 2. The highest BCUT2D eigenvalue weighted by atomic mass is 31.2. The van der Waals surface area contributed by atoms with E-state index in [0.29, 0.717) is 13.0 Å². The van der Waals surface area contributed by atoms with E-state index in [9.17, 15) is 19.4 Å². The number of rotatable bonds is 38. The Morgan fingerprint density at radius 2 is 1.10 bits per heavy atom. The first-order valence-corrected chi connectivity index (χ1v) is 21.8. The molecule has 0 aliphatic rings. The molecule has 3 unspecified atom stereocenters. The molecule has 0 aliphatic heterocycles. The molecule has 0 spiro atoms. The van der Waals surface area contributed by atoms with Gasteiger partial charge in [-0.2, -0.15) is 0 Å². The van der Waals surface area contributed by atoms with E-state index in [-0.39, 0.29) is 13.0 Å². The Kier molecular flexibility index (Phi) is 37.5. The van der Waals surface area contributed by atoms with Gasteiger partial charge >= 0.3 is 13.8 Å². The lowest BCUT2D eigenvalue weighted by Gasteiger charge is -2.20. The van der Waals surface area contributed by atoms with Gasteiger partial charge in [0.2, 0.25) is 0 Å². The fraction of sp³-hybridized carbons (Fsp3) is 0.738. The van der Waals surface area contributed by atoms with E-state index in [1.54, 1.807) is 0 Å². The summed E-state index contributed by atoms with van der Waals surface area (Å²) in [6, 6.07) is 0. The number of carbonyl (C=O) groups is 1. The minimum atomic E-state index is -4.52. The summed E-state index contributed by atoms with van der Waals surface area (Å²) in [5.74, 6) is -0.406. The number of carbonyl (C=O) groups excluding carboxylic acids is 1. The molecule has 0 fully saturated rings. The van der Waals surface area contributed by atoms with E-state index >= 15 is 0 Å². The van der Waals surface area contributed by atoms with Gasteiger partial charge in [-0.1, -0.05) is 132 Å². The van der Waals surface area contributed by atoms with Gasteiger partial charge in [0.05, 0.1) is 26.4 Å². The van der Waals surface area contributed by atoms with Crippen LogP contribution in [0.1, 0.15) is 155 Å². The van der Waals surface area contributed by atoms with Gasteiger partial charge in [0.1, 0.15) is 12.2 Å². The Morgan fingerprint density at radius 1 is 0.615 bits per heavy atom. The van der Waals surface area contributed by atoms with Crippen molar-refractivity contribution in [2.45, 2.75) is 167 Å². The number of unbranched alkanes of at least 4 members (excludes halogenated alkanes) is 14. The highest BCUT2D eigenvalue weighted by Crippen LogP contribution is 2.43. The molecule has 0 radical (unpaired) electrons. The molecule has 52 heavy (non-hydrogen) atoms. The predicted molar refractivity (Wildman–Crippen MR) is 214 cm³/mol. The Morgan fingerprint density at radius 3 is 1.65 bits per heavy atom. The predicted octanol–water partition coefficient (Wildman–Crippen LogP) is 10.8. The summed E-state index contributed by atoms with van der Waals surface area (Å²) in [7, 11) is -4.52. The second kappa shape index (κ2) is 38.9. The van der Waals surface area contributed by atoms with Crippen molar-refractivity contribution in [3.63, 3.8) is 0 Å². The van der Waals surface area contributed by atoms with Crippen molar-refractivity contribution in [3.05, 3.63) is 60.8 Å². The SMILES string of the molecule is CC/C=C\C/C=C\C/C=C\CCCCCCCC(=O)OC(COCCCCCCCC/C=C\C/C=C\CCCCC)COP(=O)(O)OCC(O)CO. The number of hydrogen-bond acceptors (Lipinski definition) is 8. The first-order chi connectivity index (χ1) is 25.3. The normalized spacial score (nSPS) is 14.8. The quantitative estimate of drug-likeness (QED) is 0.0244. The Balaban J connectivity index is 4.27. The summed E-state index contributed by atoms with van der Waals surface area (Å²) >= 11 is 0. The Bertz CT molecular complexity index is 992. The summed E-state index contributed by atoms with van der Waals surface area (Å²) in [4.78, 5) is 22.5. The fourth-order valence-corrected chi connectivity index (χ4v) is 5.89. The molecular formula is C42H75O9P. The maximum Gasteiger partial charge on any atom is 0.472 e. The summed E-state index contributed by atoms with van der Waals surface area (Å²) in [5.41, 5.74) is 0. The third-order valence-corrected chi connectivity index (χ3v) is 9.14. The average molecular weight is 755 g/mol. The molecule has 0 rings (SSSR count). The first kappa shape index (κ1) is 50.2. The number of esters is 1. The van der Waals surface area contributed by atoms with Crippen molar-refractivity contribution in [2.24, 2.45) is 0 Å². The van der Waals surface area contributed by atoms with Crippen LogP contribution in [0.25, 0.3) is 0 Å². The minimum absolute atomic E-state index is 0.0322. The zero-order chi connectivity index (χ0) is 38.2. The van der Waals surface area contributed by atoms with Gasteiger partial charge in [0.25, 0.3) is 0 Å². The number of ether oxygens (including phenoxy) is 2. The second-order valence-corrected chi connectivity index (χ2v) is 14.7. The second-order valence-electron chi connectivity index (χ2n) is 13.3. The van der Waals surface area contributed by atoms with Crippen molar-refractivity contribution in [1.29, 1.82) is 0 Å². The summed E-state index contributed by atoms with van der Waals surface area (Å²) in [6.07, 6.45) is 43.2. The smallest absolute Gasteiger partial charge is 0.457 e. The van der Waals surface area contributed by atoms with Crippen molar-refractivity contribution >= 4 is 13.8 Å². The lowest BCUT2D eigenvalue weighted by molar-refractivity contribution is -0.154. The fourth-order valence-electron chi connectivity index (χ4n) is 5.10. The van der Waals surface area contributed by atoms with Crippen LogP contribution >= 0.6 is 7.82 Å². The summed E-state index contributed by atoms with van der Waals surface area (Å²) < 4.78 is 33.3.